The highest BCUT2D eigenvalue weighted by molar-refractivity contribution is 7.89. The van der Waals surface area contributed by atoms with Crippen LogP contribution in [-0.4, -0.2) is 30.3 Å². The molecule has 0 aliphatic rings. The summed E-state index contributed by atoms with van der Waals surface area (Å²) in [4.78, 5) is 12.2. The zero-order chi connectivity index (χ0) is 20.5. The van der Waals surface area contributed by atoms with Crippen molar-refractivity contribution in [2.24, 2.45) is 5.14 Å². The Hall–Kier alpha value is -2.49. The molecule has 10 heteroatoms. The summed E-state index contributed by atoms with van der Waals surface area (Å²) in [6.45, 7) is 1.33. The molecule has 0 spiro atoms. The van der Waals surface area contributed by atoms with Crippen LogP contribution < -0.4 is 10.5 Å². The van der Waals surface area contributed by atoms with E-state index in [-0.39, 0.29) is 40.4 Å². The number of carbonyl (C=O) groups is 1. The Labute approximate surface area is 166 Å². The van der Waals surface area contributed by atoms with Gasteiger partial charge in [0.15, 0.2) is 0 Å². The molecule has 2 aromatic carbocycles. The van der Waals surface area contributed by atoms with Crippen LogP contribution in [0.3, 0.4) is 0 Å². The number of aromatic nitrogens is 2. The molecule has 7 nitrogen and oxygen atoms in total. The van der Waals surface area contributed by atoms with Crippen LogP contribution in [0.4, 0.5) is 10.1 Å². The fourth-order valence-corrected chi connectivity index (χ4v) is 3.78. The Morgan fingerprint density at radius 1 is 1.36 bits per heavy atom. The summed E-state index contributed by atoms with van der Waals surface area (Å²) in [5.74, 6) is -0.385. The molecular weight excluding hydrogens is 407 g/mol. The Morgan fingerprint density at radius 3 is 2.71 bits per heavy atom. The first-order valence-corrected chi connectivity index (χ1v) is 10.3. The second-order valence-corrected chi connectivity index (χ2v) is 8.34. The summed E-state index contributed by atoms with van der Waals surface area (Å²) in [5, 5.41) is 12.8. The van der Waals surface area contributed by atoms with Gasteiger partial charge in [-0.25, -0.2) is 17.9 Å². The van der Waals surface area contributed by atoms with Gasteiger partial charge in [-0.05, 0) is 30.7 Å². The van der Waals surface area contributed by atoms with Crippen LogP contribution in [0.25, 0.3) is 10.9 Å². The van der Waals surface area contributed by atoms with Crippen molar-refractivity contribution in [2.45, 2.75) is 31.0 Å². The minimum Gasteiger partial charge on any atom is -0.326 e. The van der Waals surface area contributed by atoms with Crippen molar-refractivity contribution in [2.75, 3.05) is 5.32 Å². The molecule has 0 bridgehead atoms. The normalized spacial score (nSPS) is 12.9. The number of alkyl halides is 1. The molecule has 1 amide bonds. The summed E-state index contributed by atoms with van der Waals surface area (Å²) < 4.78 is 38.6. The van der Waals surface area contributed by atoms with E-state index in [2.05, 4.69) is 10.4 Å². The molecule has 28 heavy (non-hydrogen) atoms. The van der Waals surface area contributed by atoms with E-state index in [9.17, 15) is 17.6 Å². The lowest BCUT2D eigenvalue weighted by Gasteiger charge is -2.08. The lowest BCUT2D eigenvalue weighted by Crippen LogP contribution is -2.16. The van der Waals surface area contributed by atoms with Gasteiger partial charge in [-0.3, -0.25) is 9.48 Å². The molecule has 1 aromatic heterocycles. The number of hydrogen-bond acceptors (Lipinski definition) is 4. The zero-order valence-corrected chi connectivity index (χ0v) is 16.5. The van der Waals surface area contributed by atoms with Gasteiger partial charge in [-0.15, -0.1) is 0 Å². The molecule has 0 saturated heterocycles. The lowest BCUT2D eigenvalue weighted by molar-refractivity contribution is -0.115. The number of sulfonamides is 1. The van der Waals surface area contributed by atoms with Gasteiger partial charge in [-0.2, -0.15) is 5.10 Å². The smallest absolute Gasteiger partial charge is 0.238 e. The number of nitrogens with two attached hydrogens (primary N) is 1. The van der Waals surface area contributed by atoms with E-state index in [0.29, 0.717) is 10.6 Å². The number of rotatable bonds is 6. The van der Waals surface area contributed by atoms with Gasteiger partial charge in [0.05, 0.1) is 23.4 Å². The van der Waals surface area contributed by atoms with Gasteiger partial charge in [0, 0.05) is 22.3 Å². The molecule has 0 radical (unpaired) electrons. The number of nitrogens with one attached hydrogen (secondary N) is 1. The summed E-state index contributed by atoms with van der Waals surface area (Å²) in [6.07, 6.45) is 0.263. The first-order valence-electron chi connectivity index (χ1n) is 8.35. The molecule has 1 unspecified atom stereocenters. The van der Waals surface area contributed by atoms with E-state index >= 15 is 0 Å². The number of halogens is 2. The topological polar surface area (TPSA) is 107 Å². The summed E-state index contributed by atoms with van der Waals surface area (Å²) in [7, 11) is -4.09. The minimum absolute atomic E-state index is 0.0101. The van der Waals surface area contributed by atoms with Gasteiger partial charge in [0.25, 0.3) is 0 Å². The Bertz CT molecular complexity index is 1140. The SMILES string of the molecule is CC(F)Cn1cc2c(S(N)(=O)=O)cc(NC(=O)Cc3ccccc3Cl)cc2n1. The summed E-state index contributed by atoms with van der Waals surface area (Å²) in [5.41, 5.74) is 1.13. The van der Waals surface area contributed by atoms with Crippen LogP contribution in [0, 0.1) is 0 Å². The third-order valence-corrected chi connectivity index (χ3v) is 5.29. The first kappa shape index (κ1) is 20.2. The number of hydrogen-bond donors (Lipinski definition) is 2. The Morgan fingerprint density at radius 2 is 2.07 bits per heavy atom. The van der Waals surface area contributed by atoms with E-state index in [1.165, 1.54) is 29.9 Å². The van der Waals surface area contributed by atoms with Crippen LogP contribution in [0.15, 0.2) is 47.5 Å². The minimum atomic E-state index is -4.09. The van der Waals surface area contributed by atoms with Gasteiger partial charge >= 0.3 is 0 Å². The number of amides is 1. The van der Waals surface area contributed by atoms with Crippen LogP contribution in [-0.2, 0) is 27.8 Å². The maximum absolute atomic E-state index is 13.3. The fourth-order valence-electron chi connectivity index (χ4n) is 2.82. The Kier molecular flexibility index (Phi) is 5.69. The number of nitrogens with zero attached hydrogens (tertiary/aromatic N) is 2. The van der Waals surface area contributed by atoms with Crippen LogP contribution in [0.1, 0.15) is 12.5 Å². The van der Waals surface area contributed by atoms with E-state index < -0.39 is 16.2 Å². The van der Waals surface area contributed by atoms with E-state index in [1.807, 2.05) is 0 Å². The van der Waals surface area contributed by atoms with E-state index in [0.717, 1.165) is 0 Å². The number of fused-ring (bicyclic) bond motifs is 1. The highest BCUT2D eigenvalue weighted by atomic mass is 35.5. The third-order valence-electron chi connectivity index (χ3n) is 3.97. The standard InChI is InChI=1S/C18H18ClFN4O3S/c1-11(20)9-24-10-14-16(23-24)7-13(8-17(14)28(21,26)27)22-18(25)6-12-4-2-3-5-15(12)19/h2-5,7-8,10-11H,6,9H2,1H3,(H,22,25)(H2,21,26,27). The number of primary sulfonamides is 1. The molecule has 3 N–H and O–H groups in total. The molecule has 3 aromatic rings. The van der Waals surface area contributed by atoms with Gasteiger partial charge in [0.2, 0.25) is 15.9 Å². The fraction of sp³-hybridized carbons (Fsp3) is 0.222. The molecule has 1 atom stereocenters. The maximum atomic E-state index is 13.3. The monoisotopic (exact) mass is 424 g/mol. The highest BCUT2D eigenvalue weighted by Gasteiger charge is 2.18. The molecule has 0 aliphatic carbocycles. The predicted molar refractivity (Wildman–Crippen MR) is 105 cm³/mol. The van der Waals surface area contributed by atoms with Gasteiger partial charge in [0.1, 0.15) is 6.17 Å². The molecule has 3 rings (SSSR count). The van der Waals surface area contributed by atoms with E-state index in [1.54, 1.807) is 24.3 Å². The van der Waals surface area contributed by atoms with E-state index in [4.69, 9.17) is 16.7 Å². The average molecular weight is 425 g/mol. The number of anilines is 1. The number of benzene rings is 2. The third kappa shape index (κ3) is 4.67. The Balaban J connectivity index is 1.94. The summed E-state index contributed by atoms with van der Waals surface area (Å²) in [6, 6.07) is 9.68. The predicted octanol–water partition coefficient (Wildman–Crippen LogP) is 2.88. The molecule has 0 saturated carbocycles. The van der Waals surface area contributed by atoms with Gasteiger partial charge < -0.3 is 5.32 Å². The second-order valence-electron chi connectivity index (χ2n) is 6.40. The quantitative estimate of drug-likeness (QED) is 0.634. The number of carbonyl (C=O) groups excluding carboxylic acids is 1. The first-order chi connectivity index (χ1) is 13.1. The molecule has 0 fully saturated rings. The lowest BCUT2D eigenvalue weighted by atomic mass is 10.1. The van der Waals surface area contributed by atoms with Crippen LogP contribution >= 0.6 is 11.6 Å². The second kappa shape index (κ2) is 7.86. The molecular formula is C18H18ClFN4O3S. The van der Waals surface area contributed by atoms with Crippen molar-refractivity contribution in [3.05, 3.63) is 53.2 Å². The van der Waals surface area contributed by atoms with Crippen molar-refractivity contribution in [3.63, 3.8) is 0 Å². The van der Waals surface area contributed by atoms with Crippen LogP contribution in [0.2, 0.25) is 5.02 Å². The maximum Gasteiger partial charge on any atom is 0.238 e. The van der Waals surface area contributed by atoms with Crippen LogP contribution in [0.5, 0.6) is 0 Å². The summed E-state index contributed by atoms with van der Waals surface area (Å²) >= 11 is 6.06. The van der Waals surface area contributed by atoms with Crippen molar-refractivity contribution in [1.82, 2.24) is 9.78 Å². The largest absolute Gasteiger partial charge is 0.326 e. The van der Waals surface area contributed by atoms with Gasteiger partial charge in [-0.1, -0.05) is 29.8 Å². The molecule has 1 heterocycles. The highest BCUT2D eigenvalue weighted by Crippen LogP contribution is 2.27. The van der Waals surface area contributed by atoms with Crippen molar-refractivity contribution in [3.8, 4) is 0 Å². The zero-order valence-electron chi connectivity index (χ0n) is 14.9. The van der Waals surface area contributed by atoms with Crippen molar-refractivity contribution < 1.29 is 17.6 Å². The molecule has 148 valence electrons. The molecule has 0 aliphatic heterocycles. The average Bonchev–Trinajstić information content (AvgIpc) is 2.96. The van der Waals surface area contributed by atoms with Crippen molar-refractivity contribution >= 4 is 44.1 Å². The van der Waals surface area contributed by atoms with Crippen molar-refractivity contribution in [1.29, 1.82) is 0 Å².